The fourth-order valence-electron chi connectivity index (χ4n) is 1.22. The van der Waals surface area contributed by atoms with Crippen LogP contribution >= 0.6 is 0 Å². The zero-order valence-corrected chi connectivity index (χ0v) is 8.44. The van der Waals surface area contributed by atoms with E-state index in [1.807, 2.05) is 0 Å². The fourth-order valence-corrected chi connectivity index (χ4v) is 1.22. The van der Waals surface area contributed by atoms with E-state index in [9.17, 15) is 0 Å². The predicted octanol–water partition coefficient (Wildman–Crippen LogP) is 1.07. The molecule has 0 heterocycles. The lowest BCUT2D eigenvalue weighted by atomic mass is 9.86. The maximum absolute atomic E-state index is 8.81. The molecule has 16 heavy (non-hydrogen) atoms. The summed E-state index contributed by atoms with van der Waals surface area (Å²) >= 11 is 0. The van der Waals surface area contributed by atoms with Crippen LogP contribution in [0.1, 0.15) is 5.56 Å². The third kappa shape index (κ3) is 2.27. The number of rotatable bonds is 3. The molecule has 1 rings (SSSR count). The van der Waals surface area contributed by atoms with Crippen LogP contribution in [0.5, 0.6) is 0 Å². The van der Waals surface area contributed by atoms with E-state index >= 15 is 0 Å². The van der Waals surface area contributed by atoms with Crippen LogP contribution in [0.25, 0.3) is 0 Å². The molecule has 5 nitrogen and oxygen atoms in total. The first-order chi connectivity index (χ1) is 7.69. The first-order valence-electron chi connectivity index (χ1n) is 4.49. The summed E-state index contributed by atoms with van der Waals surface area (Å²) in [6.07, 6.45) is 0.0847. The first kappa shape index (κ1) is 11.5. The van der Waals surface area contributed by atoms with E-state index in [0.29, 0.717) is 0 Å². The largest absolute Gasteiger partial charge is 0.324 e. The second-order valence-corrected chi connectivity index (χ2v) is 3.26. The molecule has 0 atom stereocenters. The Labute approximate surface area is 93.3 Å². The summed E-state index contributed by atoms with van der Waals surface area (Å²) in [7, 11) is 0. The Hall–Kier alpha value is -2.55. The summed E-state index contributed by atoms with van der Waals surface area (Å²) in [5.74, 6) is 5.20. The predicted molar refractivity (Wildman–Crippen MR) is 57.2 cm³/mol. The minimum atomic E-state index is -1.61. The highest BCUT2D eigenvalue weighted by Crippen LogP contribution is 2.21. The molecule has 5 heteroatoms. The molecule has 0 saturated heterocycles. The van der Waals surface area contributed by atoms with E-state index in [4.69, 9.17) is 21.6 Å². The molecule has 1 aromatic carbocycles. The van der Waals surface area contributed by atoms with Crippen LogP contribution < -0.4 is 11.3 Å². The fraction of sp³-hybridized carbons (Fsp3) is 0.182. The van der Waals surface area contributed by atoms with Crippen molar-refractivity contribution in [3.05, 3.63) is 29.8 Å². The Balaban J connectivity index is 2.94. The second-order valence-electron chi connectivity index (χ2n) is 3.26. The van der Waals surface area contributed by atoms with E-state index in [0.717, 1.165) is 11.3 Å². The summed E-state index contributed by atoms with van der Waals surface area (Å²) in [4.78, 5) is 0. The van der Waals surface area contributed by atoms with Crippen molar-refractivity contribution in [2.24, 2.45) is 11.3 Å². The Morgan fingerprint density at radius 2 is 1.56 bits per heavy atom. The third-order valence-electron chi connectivity index (χ3n) is 2.16. The van der Waals surface area contributed by atoms with Crippen molar-refractivity contribution in [2.45, 2.75) is 6.42 Å². The van der Waals surface area contributed by atoms with Gasteiger partial charge in [0, 0.05) is 12.1 Å². The van der Waals surface area contributed by atoms with E-state index in [1.54, 1.807) is 42.5 Å². The molecule has 0 unspecified atom stereocenters. The van der Waals surface area contributed by atoms with Gasteiger partial charge in [0.05, 0.1) is 0 Å². The number of nitriles is 3. The van der Waals surface area contributed by atoms with Gasteiger partial charge < -0.3 is 5.43 Å². The molecule has 1 aromatic rings. The molecule has 0 aliphatic carbocycles. The second kappa shape index (κ2) is 4.79. The molecule has 0 aromatic heterocycles. The highest BCUT2D eigenvalue weighted by atomic mass is 15.2. The highest BCUT2D eigenvalue weighted by molar-refractivity contribution is 5.44. The van der Waals surface area contributed by atoms with Crippen LogP contribution in [0.15, 0.2) is 24.3 Å². The molecular weight excluding hydrogens is 202 g/mol. The molecule has 0 aliphatic heterocycles. The number of hydrogen-bond acceptors (Lipinski definition) is 5. The first-order valence-corrected chi connectivity index (χ1v) is 4.49. The van der Waals surface area contributed by atoms with Crippen molar-refractivity contribution in [2.75, 3.05) is 5.43 Å². The van der Waals surface area contributed by atoms with Gasteiger partial charge in [0.2, 0.25) is 5.41 Å². The van der Waals surface area contributed by atoms with Gasteiger partial charge in [-0.25, -0.2) is 0 Å². The van der Waals surface area contributed by atoms with Crippen molar-refractivity contribution in [3.8, 4) is 18.2 Å². The summed E-state index contributed by atoms with van der Waals surface area (Å²) in [6, 6.07) is 12.1. The van der Waals surface area contributed by atoms with E-state index in [-0.39, 0.29) is 6.42 Å². The topological polar surface area (TPSA) is 109 Å². The summed E-state index contributed by atoms with van der Waals surface area (Å²) < 4.78 is 0. The molecule has 0 bridgehead atoms. The van der Waals surface area contributed by atoms with Crippen molar-refractivity contribution < 1.29 is 0 Å². The number of hydrazine groups is 1. The Bertz CT molecular complexity index is 447. The van der Waals surface area contributed by atoms with Crippen molar-refractivity contribution in [1.29, 1.82) is 15.8 Å². The van der Waals surface area contributed by atoms with E-state index < -0.39 is 5.41 Å². The SMILES string of the molecule is N#CC(C#N)(C#N)Cc1ccc(NN)cc1. The number of nitrogens with zero attached hydrogens (tertiary/aromatic N) is 3. The van der Waals surface area contributed by atoms with Gasteiger partial charge in [-0.3, -0.25) is 5.84 Å². The molecule has 0 amide bonds. The monoisotopic (exact) mass is 211 g/mol. The zero-order valence-electron chi connectivity index (χ0n) is 8.44. The molecular formula is C11H9N5. The van der Waals surface area contributed by atoms with Gasteiger partial charge in [-0.1, -0.05) is 12.1 Å². The summed E-state index contributed by atoms with van der Waals surface area (Å²) in [5.41, 5.74) is 2.31. The number of nitrogen functional groups attached to an aromatic ring is 1. The Morgan fingerprint density at radius 1 is 1.06 bits per heavy atom. The van der Waals surface area contributed by atoms with Crippen molar-refractivity contribution in [3.63, 3.8) is 0 Å². The molecule has 3 N–H and O–H groups in total. The molecule has 0 saturated carbocycles. The van der Waals surface area contributed by atoms with E-state index in [1.165, 1.54) is 0 Å². The molecule has 0 aliphatic rings. The maximum atomic E-state index is 8.81. The normalized spacial score (nSPS) is 9.62. The molecule has 78 valence electrons. The smallest absolute Gasteiger partial charge is 0.232 e. The van der Waals surface area contributed by atoms with Gasteiger partial charge >= 0.3 is 0 Å². The van der Waals surface area contributed by atoms with Crippen LogP contribution in [0.2, 0.25) is 0 Å². The quantitative estimate of drug-likeness (QED) is 0.574. The third-order valence-corrected chi connectivity index (χ3v) is 2.16. The number of nitrogens with two attached hydrogens (primary N) is 1. The van der Waals surface area contributed by atoms with Gasteiger partial charge in [0.1, 0.15) is 18.2 Å². The number of hydrogen-bond donors (Lipinski definition) is 2. The lowest BCUT2D eigenvalue weighted by Gasteiger charge is -2.09. The average Bonchev–Trinajstić information content (AvgIpc) is 2.37. The van der Waals surface area contributed by atoms with Crippen LogP contribution in [0.3, 0.4) is 0 Å². The maximum Gasteiger partial charge on any atom is 0.232 e. The van der Waals surface area contributed by atoms with Gasteiger partial charge in [-0.2, -0.15) is 15.8 Å². The van der Waals surface area contributed by atoms with E-state index in [2.05, 4.69) is 5.43 Å². The minimum absolute atomic E-state index is 0.0847. The van der Waals surface area contributed by atoms with Crippen LogP contribution in [0.4, 0.5) is 5.69 Å². The number of anilines is 1. The van der Waals surface area contributed by atoms with Gasteiger partial charge in [-0.05, 0) is 17.7 Å². The van der Waals surface area contributed by atoms with Crippen molar-refractivity contribution >= 4 is 5.69 Å². The van der Waals surface area contributed by atoms with Crippen molar-refractivity contribution in [1.82, 2.24) is 0 Å². The number of benzene rings is 1. The van der Waals surface area contributed by atoms with Crippen LogP contribution in [-0.4, -0.2) is 0 Å². The van der Waals surface area contributed by atoms with Gasteiger partial charge in [-0.15, -0.1) is 0 Å². The molecule has 0 spiro atoms. The minimum Gasteiger partial charge on any atom is -0.324 e. The van der Waals surface area contributed by atoms with Crippen LogP contribution in [-0.2, 0) is 6.42 Å². The summed E-state index contributed by atoms with van der Waals surface area (Å²) in [5, 5.41) is 26.4. The lowest BCUT2D eigenvalue weighted by molar-refractivity contribution is 0.673. The summed E-state index contributed by atoms with van der Waals surface area (Å²) in [6.45, 7) is 0. The number of nitrogens with one attached hydrogen (secondary N) is 1. The lowest BCUT2D eigenvalue weighted by Crippen LogP contribution is -2.16. The van der Waals surface area contributed by atoms with Gasteiger partial charge in [0.15, 0.2) is 0 Å². The Morgan fingerprint density at radius 3 is 1.94 bits per heavy atom. The molecule has 0 radical (unpaired) electrons. The van der Waals surface area contributed by atoms with Crippen LogP contribution in [0, 0.1) is 39.4 Å². The zero-order chi connectivity index (χ0) is 12.0. The van der Waals surface area contributed by atoms with Gasteiger partial charge in [0.25, 0.3) is 0 Å². The average molecular weight is 211 g/mol. The highest BCUT2D eigenvalue weighted by Gasteiger charge is 2.30. The molecule has 0 fully saturated rings. The Kier molecular flexibility index (Phi) is 3.45. The standard InChI is InChI=1S/C11H9N5/c12-6-11(7-13,8-14)5-9-1-3-10(16-15)4-2-9/h1-4,16H,5,15H2.